The first kappa shape index (κ1) is 13.7. The minimum Gasteiger partial charge on any atom is -0.336 e. The molecule has 1 aliphatic rings. The average molecular weight is 260 g/mol. The molecule has 2 rings (SSSR count). The molecule has 1 amide bonds. The van der Waals surface area contributed by atoms with Crippen molar-refractivity contribution >= 4 is 11.7 Å². The molecule has 1 heterocycles. The van der Waals surface area contributed by atoms with Gasteiger partial charge in [0.2, 0.25) is 0 Å². The number of piperazine rings is 1. The fourth-order valence-electron chi connectivity index (χ4n) is 2.30. The SMILES string of the molecule is CC(=O)c1ccc(C(=O)N2CCN(C)CC2)c(C)c1. The summed E-state index contributed by atoms with van der Waals surface area (Å²) >= 11 is 0. The molecule has 0 aliphatic carbocycles. The second kappa shape index (κ2) is 5.53. The molecule has 4 nitrogen and oxygen atoms in total. The number of hydrogen-bond donors (Lipinski definition) is 0. The average Bonchev–Trinajstić information content (AvgIpc) is 2.38. The monoisotopic (exact) mass is 260 g/mol. The molecule has 1 fully saturated rings. The number of carbonyl (C=O) groups excluding carboxylic acids is 2. The Labute approximate surface area is 114 Å². The van der Waals surface area contributed by atoms with E-state index in [9.17, 15) is 9.59 Å². The maximum Gasteiger partial charge on any atom is 0.254 e. The highest BCUT2D eigenvalue weighted by Crippen LogP contribution is 2.15. The third kappa shape index (κ3) is 3.01. The van der Waals surface area contributed by atoms with Crippen molar-refractivity contribution in [2.45, 2.75) is 13.8 Å². The van der Waals surface area contributed by atoms with Crippen molar-refractivity contribution < 1.29 is 9.59 Å². The topological polar surface area (TPSA) is 40.6 Å². The van der Waals surface area contributed by atoms with E-state index in [0.717, 1.165) is 31.7 Å². The highest BCUT2D eigenvalue weighted by Gasteiger charge is 2.21. The van der Waals surface area contributed by atoms with E-state index in [0.29, 0.717) is 11.1 Å². The number of nitrogens with zero attached hydrogens (tertiary/aromatic N) is 2. The number of Topliss-reactive ketones (excluding diaryl/α,β-unsaturated/α-hetero) is 1. The number of aryl methyl sites for hydroxylation is 1. The van der Waals surface area contributed by atoms with Gasteiger partial charge in [0.25, 0.3) is 5.91 Å². The van der Waals surface area contributed by atoms with Gasteiger partial charge >= 0.3 is 0 Å². The minimum absolute atomic E-state index is 0.0293. The number of carbonyl (C=O) groups is 2. The Morgan fingerprint density at radius 3 is 2.26 bits per heavy atom. The van der Waals surface area contributed by atoms with Gasteiger partial charge in [-0.15, -0.1) is 0 Å². The van der Waals surface area contributed by atoms with Crippen molar-refractivity contribution in [3.63, 3.8) is 0 Å². The first-order valence-corrected chi connectivity index (χ1v) is 6.58. The standard InChI is InChI=1S/C15H20N2O2/c1-11-10-13(12(2)18)4-5-14(11)15(19)17-8-6-16(3)7-9-17/h4-5,10H,6-9H2,1-3H3. The lowest BCUT2D eigenvalue weighted by molar-refractivity contribution is 0.0663. The Hall–Kier alpha value is -1.68. The van der Waals surface area contributed by atoms with E-state index in [1.54, 1.807) is 18.2 Å². The number of benzene rings is 1. The van der Waals surface area contributed by atoms with E-state index >= 15 is 0 Å². The Morgan fingerprint density at radius 2 is 1.74 bits per heavy atom. The van der Waals surface area contributed by atoms with Crippen LogP contribution in [0.15, 0.2) is 18.2 Å². The van der Waals surface area contributed by atoms with Gasteiger partial charge in [0.15, 0.2) is 5.78 Å². The van der Waals surface area contributed by atoms with Crippen molar-refractivity contribution in [3.05, 3.63) is 34.9 Å². The van der Waals surface area contributed by atoms with Crippen LogP contribution < -0.4 is 0 Å². The highest BCUT2D eigenvalue weighted by molar-refractivity contribution is 5.99. The Bertz CT molecular complexity index is 503. The van der Waals surface area contributed by atoms with E-state index in [4.69, 9.17) is 0 Å². The number of likely N-dealkylation sites (N-methyl/N-ethyl adjacent to an activating group) is 1. The smallest absolute Gasteiger partial charge is 0.254 e. The summed E-state index contributed by atoms with van der Waals surface area (Å²) in [6.07, 6.45) is 0. The molecule has 1 aliphatic heterocycles. The van der Waals surface area contributed by atoms with Gasteiger partial charge in [0.1, 0.15) is 0 Å². The summed E-state index contributed by atoms with van der Waals surface area (Å²) in [5.41, 5.74) is 2.23. The maximum absolute atomic E-state index is 12.4. The second-order valence-electron chi connectivity index (χ2n) is 5.18. The molecule has 0 spiro atoms. The molecule has 0 saturated carbocycles. The molecule has 0 aromatic heterocycles. The van der Waals surface area contributed by atoms with E-state index in [1.807, 2.05) is 11.8 Å². The first-order valence-electron chi connectivity index (χ1n) is 6.58. The number of ketones is 1. The maximum atomic E-state index is 12.4. The number of amides is 1. The van der Waals surface area contributed by atoms with Crippen LogP contribution in [0.3, 0.4) is 0 Å². The van der Waals surface area contributed by atoms with Crippen LogP contribution in [0.1, 0.15) is 33.2 Å². The first-order chi connectivity index (χ1) is 8.99. The predicted molar refractivity (Wildman–Crippen MR) is 74.6 cm³/mol. The number of rotatable bonds is 2. The lowest BCUT2D eigenvalue weighted by Gasteiger charge is -2.32. The van der Waals surface area contributed by atoms with Crippen molar-refractivity contribution in [1.29, 1.82) is 0 Å². The molecule has 0 bridgehead atoms. The Kier molecular flexibility index (Phi) is 4.00. The minimum atomic E-state index is 0.0293. The van der Waals surface area contributed by atoms with E-state index < -0.39 is 0 Å². The lowest BCUT2D eigenvalue weighted by atomic mass is 10.0. The van der Waals surface area contributed by atoms with Crippen LogP contribution in [-0.4, -0.2) is 54.7 Å². The number of hydrogen-bond acceptors (Lipinski definition) is 3. The van der Waals surface area contributed by atoms with Crippen LogP contribution in [-0.2, 0) is 0 Å². The van der Waals surface area contributed by atoms with Gasteiger partial charge in [0, 0.05) is 37.3 Å². The molecular weight excluding hydrogens is 240 g/mol. The van der Waals surface area contributed by atoms with Gasteiger partial charge in [-0.25, -0.2) is 0 Å². The third-order valence-electron chi connectivity index (χ3n) is 3.65. The summed E-state index contributed by atoms with van der Waals surface area (Å²) in [5.74, 6) is 0.0994. The van der Waals surface area contributed by atoms with Gasteiger partial charge in [-0.1, -0.05) is 6.07 Å². The van der Waals surface area contributed by atoms with Crippen molar-refractivity contribution in [2.24, 2.45) is 0 Å². The van der Waals surface area contributed by atoms with E-state index in [1.165, 1.54) is 6.92 Å². The molecule has 1 aromatic rings. The molecule has 4 heteroatoms. The summed E-state index contributed by atoms with van der Waals surface area (Å²) in [6, 6.07) is 5.30. The molecule has 1 aromatic carbocycles. The van der Waals surface area contributed by atoms with Crippen LogP contribution in [0.25, 0.3) is 0 Å². The zero-order valence-corrected chi connectivity index (χ0v) is 11.8. The summed E-state index contributed by atoms with van der Waals surface area (Å²) in [4.78, 5) is 27.8. The molecule has 1 saturated heterocycles. The van der Waals surface area contributed by atoms with Gasteiger partial charge in [-0.3, -0.25) is 9.59 Å². The Balaban J connectivity index is 2.17. The van der Waals surface area contributed by atoms with Crippen LogP contribution in [0.4, 0.5) is 0 Å². The summed E-state index contributed by atoms with van der Waals surface area (Å²) in [6.45, 7) is 6.78. The third-order valence-corrected chi connectivity index (χ3v) is 3.65. The predicted octanol–water partition coefficient (Wildman–Crippen LogP) is 1.59. The summed E-state index contributed by atoms with van der Waals surface area (Å²) < 4.78 is 0. The van der Waals surface area contributed by atoms with Crippen molar-refractivity contribution in [3.8, 4) is 0 Å². The zero-order valence-electron chi connectivity index (χ0n) is 11.8. The normalized spacial score (nSPS) is 16.5. The second-order valence-corrected chi connectivity index (χ2v) is 5.18. The molecule has 19 heavy (non-hydrogen) atoms. The molecule has 0 N–H and O–H groups in total. The fourth-order valence-corrected chi connectivity index (χ4v) is 2.30. The van der Waals surface area contributed by atoms with E-state index in [2.05, 4.69) is 11.9 Å². The van der Waals surface area contributed by atoms with Crippen LogP contribution in [0.2, 0.25) is 0 Å². The largest absolute Gasteiger partial charge is 0.336 e. The van der Waals surface area contributed by atoms with Crippen LogP contribution in [0, 0.1) is 6.92 Å². The van der Waals surface area contributed by atoms with Crippen molar-refractivity contribution in [2.75, 3.05) is 33.2 Å². The Morgan fingerprint density at radius 1 is 1.11 bits per heavy atom. The van der Waals surface area contributed by atoms with Gasteiger partial charge in [-0.2, -0.15) is 0 Å². The lowest BCUT2D eigenvalue weighted by Crippen LogP contribution is -2.47. The molecule has 0 unspecified atom stereocenters. The summed E-state index contributed by atoms with van der Waals surface area (Å²) in [7, 11) is 2.06. The highest BCUT2D eigenvalue weighted by atomic mass is 16.2. The van der Waals surface area contributed by atoms with Crippen molar-refractivity contribution in [1.82, 2.24) is 9.80 Å². The van der Waals surface area contributed by atoms with Crippen LogP contribution in [0.5, 0.6) is 0 Å². The van der Waals surface area contributed by atoms with Gasteiger partial charge < -0.3 is 9.80 Å². The van der Waals surface area contributed by atoms with Gasteiger partial charge in [0.05, 0.1) is 0 Å². The zero-order chi connectivity index (χ0) is 14.0. The summed E-state index contributed by atoms with van der Waals surface area (Å²) in [5, 5.41) is 0. The quantitative estimate of drug-likeness (QED) is 0.758. The molecule has 102 valence electrons. The fraction of sp³-hybridized carbons (Fsp3) is 0.467. The van der Waals surface area contributed by atoms with Crippen LogP contribution >= 0.6 is 0 Å². The molecule has 0 atom stereocenters. The molecular formula is C15H20N2O2. The van der Waals surface area contributed by atoms with E-state index in [-0.39, 0.29) is 11.7 Å². The molecule has 0 radical (unpaired) electrons. The van der Waals surface area contributed by atoms with Gasteiger partial charge in [-0.05, 0) is 38.6 Å².